The van der Waals surface area contributed by atoms with Crippen LogP contribution in [0.25, 0.3) is 0 Å². The molecule has 0 fully saturated rings. The van der Waals surface area contributed by atoms with Crippen molar-refractivity contribution in [3.63, 3.8) is 0 Å². The number of aliphatic hydroxyl groups is 2. The molecule has 0 aromatic heterocycles. The summed E-state index contributed by atoms with van der Waals surface area (Å²) in [6, 6.07) is -4.21. The molecule has 9 N–H and O–H groups in total. The molecule has 0 saturated heterocycles. The molecule has 0 aromatic carbocycles. The van der Waals surface area contributed by atoms with E-state index >= 15 is 0 Å². The Morgan fingerprint density at radius 2 is 1.27 bits per heavy atom. The van der Waals surface area contributed by atoms with Crippen LogP contribution in [0.1, 0.15) is 104 Å². The Morgan fingerprint density at radius 1 is 0.732 bits per heavy atom. The number of carbonyl (C=O) groups is 6. The first-order valence-corrected chi connectivity index (χ1v) is 14.6. The van der Waals surface area contributed by atoms with Gasteiger partial charge in [-0.1, -0.05) is 78.6 Å². The van der Waals surface area contributed by atoms with Crippen molar-refractivity contribution in [1.82, 2.24) is 16.0 Å². The van der Waals surface area contributed by atoms with E-state index in [1.807, 2.05) is 0 Å². The van der Waals surface area contributed by atoms with Gasteiger partial charge in [-0.15, -0.1) is 0 Å². The standard InChI is InChI=1S/C28H51N5O8/c1-4-5-6-7-8-9-10-11-12-13-19(35)14-25(39)31-20(15-23(29)37)27(40)33-26(22(36)16-24(30)38)28(41)32-21(17-34)18(2)3/h17-22,26,35-36H,4-16H2,1-3H3,(H2,29,37)(H2,30,38)(H,31,39)(H,32,41)(H,33,40). The van der Waals surface area contributed by atoms with Gasteiger partial charge in [0.1, 0.15) is 18.4 Å². The van der Waals surface area contributed by atoms with E-state index in [0.717, 1.165) is 25.7 Å². The monoisotopic (exact) mass is 585 g/mol. The molecule has 0 aliphatic carbocycles. The fraction of sp³-hybridized carbons (Fsp3) is 0.786. The Balaban J connectivity index is 5.10. The highest BCUT2D eigenvalue weighted by molar-refractivity contribution is 5.95. The minimum Gasteiger partial charge on any atom is -0.393 e. The van der Waals surface area contributed by atoms with Crippen LogP contribution in [-0.2, 0) is 28.8 Å². The molecule has 0 saturated carbocycles. The molecule has 0 rings (SSSR count). The van der Waals surface area contributed by atoms with Gasteiger partial charge in [-0.25, -0.2) is 0 Å². The van der Waals surface area contributed by atoms with E-state index in [4.69, 9.17) is 11.5 Å². The summed E-state index contributed by atoms with van der Waals surface area (Å²) >= 11 is 0. The van der Waals surface area contributed by atoms with Gasteiger partial charge in [-0.3, -0.25) is 24.0 Å². The molecule has 0 radical (unpaired) electrons. The van der Waals surface area contributed by atoms with Crippen LogP contribution in [-0.4, -0.2) is 76.4 Å². The lowest BCUT2D eigenvalue weighted by molar-refractivity contribution is -0.137. The second-order valence-electron chi connectivity index (χ2n) is 10.9. The first-order chi connectivity index (χ1) is 19.3. The summed E-state index contributed by atoms with van der Waals surface area (Å²) < 4.78 is 0. The number of aliphatic hydroxyl groups excluding tert-OH is 2. The van der Waals surface area contributed by atoms with Gasteiger partial charge in [0.2, 0.25) is 29.5 Å². The summed E-state index contributed by atoms with van der Waals surface area (Å²) in [7, 11) is 0. The zero-order valence-electron chi connectivity index (χ0n) is 24.7. The third-order valence-electron chi connectivity index (χ3n) is 6.67. The topological polar surface area (TPSA) is 231 Å². The molecule has 5 amide bonds. The molecule has 0 aliphatic rings. The molecule has 5 atom stereocenters. The molecule has 0 aliphatic heterocycles. The lowest BCUT2D eigenvalue weighted by atomic mass is 10.0. The number of rotatable bonds is 24. The lowest BCUT2D eigenvalue weighted by Gasteiger charge is -2.27. The first-order valence-electron chi connectivity index (χ1n) is 14.6. The van der Waals surface area contributed by atoms with Crippen molar-refractivity contribution in [2.24, 2.45) is 17.4 Å². The maximum absolute atomic E-state index is 13.0. The maximum atomic E-state index is 13.0. The Bertz CT molecular complexity index is 838. The van der Waals surface area contributed by atoms with Gasteiger partial charge in [-0.05, 0) is 12.3 Å². The summed E-state index contributed by atoms with van der Waals surface area (Å²) in [5, 5.41) is 27.6. The number of amides is 5. The minimum atomic E-state index is -1.76. The molecule has 236 valence electrons. The highest BCUT2D eigenvalue weighted by Gasteiger charge is 2.34. The molecule has 41 heavy (non-hydrogen) atoms. The molecular weight excluding hydrogens is 534 g/mol. The van der Waals surface area contributed by atoms with Crippen molar-refractivity contribution in [1.29, 1.82) is 0 Å². The smallest absolute Gasteiger partial charge is 0.245 e. The summed E-state index contributed by atoms with van der Waals surface area (Å²) in [4.78, 5) is 72.6. The van der Waals surface area contributed by atoms with Crippen LogP contribution in [0.5, 0.6) is 0 Å². The normalized spacial score (nSPS) is 14.8. The summed E-state index contributed by atoms with van der Waals surface area (Å²) in [5.41, 5.74) is 10.3. The zero-order valence-corrected chi connectivity index (χ0v) is 24.7. The number of hydrogen-bond donors (Lipinski definition) is 7. The van der Waals surface area contributed by atoms with Gasteiger partial charge in [0.05, 0.1) is 37.5 Å². The summed E-state index contributed by atoms with van der Waals surface area (Å²) in [6.45, 7) is 5.50. The van der Waals surface area contributed by atoms with Crippen LogP contribution in [0, 0.1) is 5.92 Å². The number of unbranched alkanes of at least 4 members (excludes halogenated alkanes) is 8. The van der Waals surface area contributed by atoms with Crippen molar-refractivity contribution in [3.05, 3.63) is 0 Å². The number of nitrogens with one attached hydrogen (secondary N) is 3. The minimum absolute atomic E-state index is 0.315. The van der Waals surface area contributed by atoms with E-state index in [2.05, 4.69) is 22.9 Å². The van der Waals surface area contributed by atoms with Gasteiger partial charge in [0.15, 0.2) is 0 Å². The predicted octanol–water partition coefficient (Wildman–Crippen LogP) is 0.0793. The first kappa shape index (κ1) is 37.9. The van der Waals surface area contributed by atoms with E-state index in [-0.39, 0.29) is 12.3 Å². The van der Waals surface area contributed by atoms with E-state index < -0.39 is 72.7 Å². The molecule has 0 aromatic rings. The number of hydrogen-bond acceptors (Lipinski definition) is 8. The molecule has 13 nitrogen and oxygen atoms in total. The zero-order chi connectivity index (χ0) is 31.4. The molecule has 13 heteroatoms. The van der Waals surface area contributed by atoms with Crippen LogP contribution in [0.3, 0.4) is 0 Å². The van der Waals surface area contributed by atoms with Gasteiger partial charge < -0.3 is 42.4 Å². The molecular formula is C28H51N5O8. The maximum Gasteiger partial charge on any atom is 0.245 e. The number of primary amides is 2. The number of aldehydes is 1. The second kappa shape index (κ2) is 21.7. The number of carbonyl (C=O) groups excluding carboxylic acids is 6. The highest BCUT2D eigenvalue weighted by Crippen LogP contribution is 2.13. The fourth-order valence-electron chi connectivity index (χ4n) is 4.20. The average molecular weight is 586 g/mol. The van der Waals surface area contributed by atoms with Crippen LogP contribution in [0.2, 0.25) is 0 Å². The van der Waals surface area contributed by atoms with Crippen LogP contribution in [0.15, 0.2) is 0 Å². The fourth-order valence-corrected chi connectivity index (χ4v) is 4.20. The van der Waals surface area contributed by atoms with Crippen molar-refractivity contribution < 1.29 is 39.0 Å². The van der Waals surface area contributed by atoms with Gasteiger partial charge in [-0.2, -0.15) is 0 Å². The lowest BCUT2D eigenvalue weighted by Crippen LogP contribution is -2.60. The van der Waals surface area contributed by atoms with Crippen molar-refractivity contribution in [2.75, 3.05) is 0 Å². The third-order valence-corrected chi connectivity index (χ3v) is 6.67. The molecule has 5 unspecified atom stereocenters. The largest absolute Gasteiger partial charge is 0.393 e. The SMILES string of the molecule is CCCCCCCCCCCC(O)CC(=O)NC(CC(N)=O)C(=O)NC(C(=O)NC(C=O)C(C)C)C(O)CC(N)=O. The van der Waals surface area contributed by atoms with Crippen LogP contribution < -0.4 is 27.4 Å². The van der Waals surface area contributed by atoms with Crippen molar-refractivity contribution in [2.45, 2.75) is 135 Å². The Morgan fingerprint density at radius 3 is 1.76 bits per heavy atom. The average Bonchev–Trinajstić information content (AvgIpc) is 2.87. The van der Waals surface area contributed by atoms with E-state index in [0.29, 0.717) is 12.7 Å². The highest BCUT2D eigenvalue weighted by atomic mass is 16.3. The van der Waals surface area contributed by atoms with Gasteiger partial charge >= 0.3 is 0 Å². The van der Waals surface area contributed by atoms with E-state index in [1.54, 1.807) is 13.8 Å². The quantitative estimate of drug-likeness (QED) is 0.0604. The van der Waals surface area contributed by atoms with Crippen LogP contribution in [0.4, 0.5) is 0 Å². The van der Waals surface area contributed by atoms with Crippen molar-refractivity contribution in [3.8, 4) is 0 Å². The van der Waals surface area contributed by atoms with E-state index in [1.165, 1.54) is 32.1 Å². The third kappa shape index (κ3) is 18.1. The number of nitrogens with two attached hydrogens (primary N) is 2. The van der Waals surface area contributed by atoms with Gasteiger partial charge in [0, 0.05) is 0 Å². The predicted molar refractivity (Wildman–Crippen MR) is 153 cm³/mol. The summed E-state index contributed by atoms with van der Waals surface area (Å²) in [6.07, 6.45) is 6.49. The Kier molecular flexibility index (Phi) is 20.0. The van der Waals surface area contributed by atoms with Gasteiger partial charge in [0.25, 0.3) is 0 Å². The van der Waals surface area contributed by atoms with Crippen molar-refractivity contribution >= 4 is 35.8 Å². The molecule has 0 bridgehead atoms. The molecule has 0 heterocycles. The van der Waals surface area contributed by atoms with Crippen LogP contribution >= 0.6 is 0 Å². The second-order valence-corrected chi connectivity index (χ2v) is 10.9. The Labute approximate surface area is 242 Å². The van der Waals surface area contributed by atoms with E-state index in [9.17, 15) is 39.0 Å². The Hall–Kier alpha value is -3.06. The summed E-state index contributed by atoms with van der Waals surface area (Å²) in [5.74, 6) is -4.93. The molecule has 0 spiro atoms.